The van der Waals surface area contributed by atoms with E-state index in [4.69, 9.17) is 0 Å². The van der Waals surface area contributed by atoms with Gasteiger partial charge in [0, 0.05) is 11.6 Å². The van der Waals surface area contributed by atoms with Gasteiger partial charge >= 0.3 is 0 Å². The molecular formula is C18H19NO. The summed E-state index contributed by atoms with van der Waals surface area (Å²) in [5, 5.41) is 3.04. The Balaban J connectivity index is 1.64. The highest BCUT2D eigenvalue weighted by atomic mass is 16.2. The molecule has 0 radical (unpaired) electrons. The molecule has 1 fully saturated rings. The Bertz CT molecular complexity index is 606. The quantitative estimate of drug-likeness (QED) is 0.889. The van der Waals surface area contributed by atoms with Crippen molar-refractivity contribution in [3.63, 3.8) is 0 Å². The zero-order chi connectivity index (χ0) is 13.9. The Morgan fingerprint density at radius 3 is 2.70 bits per heavy atom. The van der Waals surface area contributed by atoms with Crippen molar-refractivity contribution in [3.05, 3.63) is 65.7 Å². The van der Waals surface area contributed by atoms with Crippen molar-refractivity contribution in [2.45, 2.75) is 25.7 Å². The molecule has 2 aromatic carbocycles. The third-order valence-corrected chi connectivity index (χ3v) is 3.96. The molecule has 0 unspecified atom stereocenters. The van der Waals surface area contributed by atoms with Crippen LogP contribution in [0.3, 0.4) is 0 Å². The molecule has 0 bridgehead atoms. The molecule has 1 amide bonds. The van der Waals surface area contributed by atoms with Crippen LogP contribution < -0.4 is 5.32 Å². The molecule has 2 heteroatoms. The smallest absolute Gasteiger partial charge is 0.228 e. The van der Waals surface area contributed by atoms with Crippen molar-refractivity contribution in [2.75, 3.05) is 5.32 Å². The third-order valence-electron chi connectivity index (χ3n) is 3.96. The van der Waals surface area contributed by atoms with Gasteiger partial charge in [0.1, 0.15) is 0 Å². The van der Waals surface area contributed by atoms with Crippen molar-refractivity contribution < 1.29 is 4.79 Å². The molecular weight excluding hydrogens is 246 g/mol. The van der Waals surface area contributed by atoms with E-state index in [0.29, 0.717) is 5.92 Å². The second-order valence-corrected chi connectivity index (χ2v) is 5.40. The largest absolute Gasteiger partial charge is 0.326 e. The van der Waals surface area contributed by atoms with E-state index < -0.39 is 0 Å². The number of nitrogens with one attached hydrogen (secondary N) is 1. The van der Waals surface area contributed by atoms with Crippen LogP contribution in [0.2, 0.25) is 0 Å². The van der Waals surface area contributed by atoms with Gasteiger partial charge in [0.25, 0.3) is 0 Å². The summed E-state index contributed by atoms with van der Waals surface area (Å²) in [7, 11) is 0. The van der Waals surface area contributed by atoms with Crippen LogP contribution in [0.25, 0.3) is 0 Å². The highest BCUT2D eigenvalue weighted by Gasteiger charge is 2.43. The van der Waals surface area contributed by atoms with E-state index in [1.807, 2.05) is 30.3 Å². The van der Waals surface area contributed by atoms with Crippen molar-refractivity contribution in [1.29, 1.82) is 0 Å². The number of hydrogen-bond donors (Lipinski definition) is 1. The molecule has 1 aliphatic carbocycles. The van der Waals surface area contributed by atoms with Gasteiger partial charge in [-0.25, -0.2) is 0 Å². The number of carbonyl (C=O) groups excluding carboxylic acids is 1. The maximum Gasteiger partial charge on any atom is 0.228 e. The number of anilines is 1. The van der Waals surface area contributed by atoms with Gasteiger partial charge in [-0.3, -0.25) is 4.79 Å². The average molecular weight is 265 g/mol. The fourth-order valence-corrected chi connectivity index (χ4v) is 2.66. The molecule has 2 aromatic rings. The SMILES string of the molecule is CCc1cccc(NC(=O)[C@H]2C[C@H]2c2ccccc2)c1. The highest BCUT2D eigenvalue weighted by Crippen LogP contribution is 2.47. The van der Waals surface area contributed by atoms with Crippen molar-refractivity contribution in [3.8, 4) is 0 Å². The molecule has 20 heavy (non-hydrogen) atoms. The Kier molecular flexibility index (Phi) is 3.55. The van der Waals surface area contributed by atoms with Gasteiger partial charge in [-0.15, -0.1) is 0 Å². The van der Waals surface area contributed by atoms with E-state index in [-0.39, 0.29) is 11.8 Å². The summed E-state index contributed by atoms with van der Waals surface area (Å²) in [6.45, 7) is 2.12. The molecule has 0 saturated heterocycles. The monoisotopic (exact) mass is 265 g/mol. The average Bonchev–Trinajstić information content (AvgIpc) is 3.29. The van der Waals surface area contributed by atoms with E-state index in [1.54, 1.807) is 0 Å². The number of aryl methyl sites for hydroxylation is 1. The molecule has 1 N–H and O–H groups in total. The van der Waals surface area contributed by atoms with Crippen LogP contribution in [0, 0.1) is 5.92 Å². The number of benzene rings is 2. The molecule has 0 heterocycles. The Hall–Kier alpha value is -2.09. The lowest BCUT2D eigenvalue weighted by Crippen LogP contribution is -2.14. The van der Waals surface area contributed by atoms with E-state index in [9.17, 15) is 4.79 Å². The second kappa shape index (κ2) is 5.49. The normalized spacial score (nSPS) is 20.4. The van der Waals surface area contributed by atoms with Crippen LogP contribution in [-0.4, -0.2) is 5.91 Å². The van der Waals surface area contributed by atoms with Crippen LogP contribution in [0.15, 0.2) is 54.6 Å². The Labute approximate surface area is 119 Å². The lowest BCUT2D eigenvalue weighted by Gasteiger charge is -2.06. The van der Waals surface area contributed by atoms with Crippen LogP contribution in [0.5, 0.6) is 0 Å². The summed E-state index contributed by atoms with van der Waals surface area (Å²) < 4.78 is 0. The lowest BCUT2D eigenvalue weighted by molar-refractivity contribution is -0.117. The molecule has 102 valence electrons. The number of rotatable bonds is 4. The summed E-state index contributed by atoms with van der Waals surface area (Å²) in [6, 6.07) is 18.4. The summed E-state index contributed by atoms with van der Waals surface area (Å²) >= 11 is 0. The third kappa shape index (κ3) is 2.74. The number of carbonyl (C=O) groups is 1. The summed E-state index contributed by atoms with van der Waals surface area (Å²) in [5.41, 5.74) is 3.43. The zero-order valence-electron chi connectivity index (χ0n) is 11.7. The lowest BCUT2D eigenvalue weighted by atomic mass is 10.1. The molecule has 0 aromatic heterocycles. The maximum atomic E-state index is 12.2. The molecule has 2 atom stereocenters. The molecule has 2 nitrogen and oxygen atoms in total. The maximum absolute atomic E-state index is 12.2. The van der Waals surface area contributed by atoms with Gasteiger partial charge < -0.3 is 5.32 Å². The highest BCUT2D eigenvalue weighted by molar-refractivity contribution is 5.95. The van der Waals surface area contributed by atoms with E-state index in [1.165, 1.54) is 11.1 Å². The molecule has 0 spiro atoms. The standard InChI is InChI=1S/C18H19NO/c1-2-13-7-6-10-15(11-13)19-18(20)17-12-16(17)14-8-4-3-5-9-14/h3-11,16-17H,2,12H2,1H3,(H,19,20)/t16-,17-/m0/s1. The summed E-state index contributed by atoms with van der Waals surface area (Å²) in [5.74, 6) is 0.667. The summed E-state index contributed by atoms with van der Waals surface area (Å²) in [4.78, 5) is 12.2. The fraction of sp³-hybridized carbons (Fsp3) is 0.278. The Morgan fingerprint density at radius 2 is 1.95 bits per heavy atom. The van der Waals surface area contributed by atoms with Crippen LogP contribution in [0.4, 0.5) is 5.69 Å². The first-order chi connectivity index (χ1) is 9.78. The summed E-state index contributed by atoms with van der Waals surface area (Å²) in [6.07, 6.45) is 1.95. The number of hydrogen-bond acceptors (Lipinski definition) is 1. The van der Waals surface area contributed by atoms with E-state index >= 15 is 0 Å². The topological polar surface area (TPSA) is 29.1 Å². The van der Waals surface area contributed by atoms with Gasteiger partial charge in [0.15, 0.2) is 0 Å². The second-order valence-electron chi connectivity index (χ2n) is 5.40. The van der Waals surface area contributed by atoms with Gasteiger partial charge in [0.05, 0.1) is 0 Å². The van der Waals surface area contributed by atoms with Crippen LogP contribution >= 0.6 is 0 Å². The molecule has 1 saturated carbocycles. The molecule has 1 aliphatic rings. The van der Waals surface area contributed by atoms with Gasteiger partial charge in [-0.1, -0.05) is 49.4 Å². The van der Waals surface area contributed by atoms with Gasteiger partial charge in [0.2, 0.25) is 5.91 Å². The van der Waals surface area contributed by atoms with Gasteiger partial charge in [-0.2, -0.15) is 0 Å². The first-order valence-corrected chi connectivity index (χ1v) is 7.22. The minimum atomic E-state index is 0.127. The zero-order valence-corrected chi connectivity index (χ0v) is 11.7. The minimum Gasteiger partial charge on any atom is -0.326 e. The van der Waals surface area contributed by atoms with Crippen LogP contribution in [-0.2, 0) is 11.2 Å². The first kappa shape index (κ1) is 12.9. The van der Waals surface area contributed by atoms with Crippen molar-refractivity contribution in [1.82, 2.24) is 0 Å². The van der Waals surface area contributed by atoms with Crippen molar-refractivity contribution in [2.24, 2.45) is 5.92 Å². The predicted molar refractivity (Wildman–Crippen MR) is 81.7 cm³/mol. The van der Waals surface area contributed by atoms with E-state index in [2.05, 4.69) is 36.5 Å². The Morgan fingerprint density at radius 1 is 1.15 bits per heavy atom. The van der Waals surface area contributed by atoms with Crippen LogP contribution in [0.1, 0.15) is 30.4 Å². The molecule has 3 rings (SSSR count). The first-order valence-electron chi connectivity index (χ1n) is 7.22. The van der Waals surface area contributed by atoms with Crippen molar-refractivity contribution >= 4 is 11.6 Å². The molecule has 0 aliphatic heterocycles. The minimum absolute atomic E-state index is 0.127. The predicted octanol–water partition coefficient (Wildman–Crippen LogP) is 3.99. The van der Waals surface area contributed by atoms with E-state index in [0.717, 1.165) is 18.5 Å². The van der Waals surface area contributed by atoms with Gasteiger partial charge in [-0.05, 0) is 42.0 Å². The number of amides is 1. The fourth-order valence-electron chi connectivity index (χ4n) is 2.66.